The summed E-state index contributed by atoms with van der Waals surface area (Å²) in [6, 6.07) is 0. The van der Waals surface area contributed by atoms with E-state index in [2.05, 4.69) is 4.90 Å². The van der Waals surface area contributed by atoms with E-state index in [9.17, 15) is 5.11 Å². The molecule has 0 aromatic heterocycles. The van der Waals surface area contributed by atoms with Gasteiger partial charge in [0.2, 0.25) is 0 Å². The Morgan fingerprint density at radius 3 is 2.36 bits per heavy atom. The molecule has 0 aromatic rings. The zero-order chi connectivity index (χ0) is 11.0. The van der Waals surface area contributed by atoms with Gasteiger partial charge in [0.25, 0.3) is 0 Å². The van der Waals surface area contributed by atoms with Gasteiger partial charge in [-0.15, -0.1) is 0 Å². The first-order valence-corrected chi connectivity index (χ1v) is 5.13. The minimum atomic E-state index is -0.597. The third-order valence-electron chi connectivity index (χ3n) is 2.10. The van der Waals surface area contributed by atoms with E-state index in [4.69, 9.17) is 10.5 Å². The maximum Gasteiger partial charge on any atom is 0.0603 e. The second kappa shape index (κ2) is 7.17. The minimum Gasteiger partial charge on any atom is -0.390 e. The van der Waals surface area contributed by atoms with Gasteiger partial charge in [0.1, 0.15) is 0 Å². The quantitative estimate of drug-likeness (QED) is 0.587. The lowest BCUT2D eigenvalue weighted by Crippen LogP contribution is -2.36. The molecule has 0 amide bonds. The van der Waals surface area contributed by atoms with Gasteiger partial charge in [-0.1, -0.05) is 0 Å². The molecule has 86 valence electrons. The lowest BCUT2D eigenvalue weighted by molar-refractivity contribution is 0.0535. The number of hydrogen-bond acceptors (Lipinski definition) is 4. The second-order valence-electron chi connectivity index (χ2n) is 4.19. The number of ether oxygens (including phenoxy) is 1. The Balaban J connectivity index is 3.72. The van der Waals surface area contributed by atoms with Gasteiger partial charge in [-0.05, 0) is 20.3 Å². The highest BCUT2D eigenvalue weighted by Crippen LogP contribution is 2.07. The van der Waals surface area contributed by atoms with E-state index in [1.165, 1.54) is 0 Å². The molecule has 0 heterocycles. The Kier molecular flexibility index (Phi) is 7.09. The molecule has 0 atom stereocenters. The summed E-state index contributed by atoms with van der Waals surface area (Å²) in [6.45, 7) is 7.61. The normalized spacial score (nSPS) is 12.4. The van der Waals surface area contributed by atoms with Gasteiger partial charge < -0.3 is 15.6 Å². The van der Waals surface area contributed by atoms with Gasteiger partial charge in [0, 0.05) is 33.3 Å². The Bertz CT molecular complexity index is 135. The summed E-state index contributed by atoms with van der Waals surface area (Å²) in [6.07, 6.45) is 0.761. The van der Waals surface area contributed by atoms with Crippen molar-refractivity contribution in [1.82, 2.24) is 4.90 Å². The van der Waals surface area contributed by atoms with Crippen LogP contribution >= 0.6 is 0 Å². The molecule has 0 saturated heterocycles. The third-order valence-corrected chi connectivity index (χ3v) is 2.10. The zero-order valence-electron chi connectivity index (χ0n) is 9.62. The highest BCUT2D eigenvalue weighted by atomic mass is 16.5. The van der Waals surface area contributed by atoms with Crippen LogP contribution in [-0.4, -0.2) is 55.5 Å². The van der Waals surface area contributed by atoms with Crippen molar-refractivity contribution in [1.29, 1.82) is 0 Å². The largest absolute Gasteiger partial charge is 0.390 e. The number of aliphatic hydroxyl groups is 1. The Morgan fingerprint density at radius 1 is 1.29 bits per heavy atom. The maximum absolute atomic E-state index is 9.57. The Morgan fingerprint density at radius 2 is 1.93 bits per heavy atom. The number of methoxy groups -OCH3 is 1. The van der Waals surface area contributed by atoms with Crippen molar-refractivity contribution in [3.05, 3.63) is 0 Å². The van der Waals surface area contributed by atoms with Crippen molar-refractivity contribution < 1.29 is 9.84 Å². The lowest BCUT2D eigenvalue weighted by Gasteiger charge is -2.25. The molecule has 0 spiro atoms. The van der Waals surface area contributed by atoms with E-state index in [0.717, 1.165) is 26.1 Å². The fourth-order valence-corrected chi connectivity index (χ4v) is 1.17. The molecule has 0 aromatic carbocycles. The molecule has 4 heteroatoms. The first-order valence-electron chi connectivity index (χ1n) is 5.13. The molecule has 0 aliphatic carbocycles. The summed E-state index contributed by atoms with van der Waals surface area (Å²) in [5.41, 5.74) is 4.90. The monoisotopic (exact) mass is 204 g/mol. The van der Waals surface area contributed by atoms with E-state index in [0.29, 0.717) is 13.2 Å². The standard InChI is InChI=1S/C10H24N2O2/c1-10(2,13)4-6-12(7-5-11)8-9-14-3/h13H,4-9,11H2,1-3H3. The van der Waals surface area contributed by atoms with Crippen molar-refractivity contribution in [2.45, 2.75) is 25.9 Å². The van der Waals surface area contributed by atoms with E-state index >= 15 is 0 Å². The average Bonchev–Trinajstić information content (AvgIpc) is 2.08. The first kappa shape index (κ1) is 13.8. The third kappa shape index (κ3) is 8.44. The first-order chi connectivity index (χ1) is 6.49. The molecule has 0 bridgehead atoms. The smallest absolute Gasteiger partial charge is 0.0603 e. The van der Waals surface area contributed by atoms with Gasteiger partial charge in [-0.3, -0.25) is 4.90 Å². The van der Waals surface area contributed by atoms with Crippen molar-refractivity contribution in [3.63, 3.8) is 0 Å². The van der Waals surface area contributed by atoms with Crippen LogP contribution in [0.2, 0.25) is 0 Å². The van der Waals surface area contributed by atoms with Crippen LogP contribution in [-0.2, 0) is 4.74 Å². The predicted octanol–water partition coefficient (Wildman–Crippen LogP) is 0.0545. The van der Waals surface area contributed by atoms with E-state index in [1.54, 1.807) is 7.11 Å². The van der Waals surface area contributed by atoms with E-state index < -0.39 is 5.60 Å². The molecule has 0 saturated carbocycles. The maximum atomic E-state index is 9.57. The Labute approximate surface area is 87.0 Å². The molecule has 0 aliphatic heterocycles. The number of nitrogens with two attached hydrogens (primary N) is 1. The van der Waals surface area contributed by atoms with Crippen LogP contribution in [0.25, 0.3) is 0 Å². The molecular weight excluding hydrogens is 180 g/mol. The molecule has 14 heavy (non-hydrogen) atoms. The number of rotatable bonds is 8. The van der Waals surface area contributed by atoms with Crippen molar-refractivity contribution in [2.24, 2.45) is 5.73 Å². The van der Waals surface area contributed by atoms with Gasteiger partial charge in [-0.25, -0.2) is 0 Å². The van der Waals surface area contributed by atoms with Crippen LogP contribution < -0.4 is 5.73 Å². The zero-order valence-corrected chi connectivity index (χ0v) is 9.62. The van der Waals surface area contributed by atoms with Crippen molar-refractivity contribution in [3.8, 4) is 0 Å². The highest BCUT2D eigenvalue weighted by molar-refractivity contribution is 4.69. The Hall–Kier alpha value is -0.160. The fraction of sp³-hybridized carbons (Fsp3) is 1.00. The second-order valence-corrected chi connectivity index (χ2v) is 4.19. The lowest BCUT2D eigenvalue weighted by atomic mass is 10.1. The molecule has 0 fully saturated rings. The summed E-state index contributed by atoms with van der Waals surface area (Å²) in [5.74, 6) is 0. The summed E-state index contributed by atoms with van der Waals surface area (Å²) >= 11 is 0. The SMILES string of the molecule is COCCN(CCN)CCC(C)(C)O. The van der Waals surface area contributed by atoms with Gasteiger partial charge >= 0.3 is 0 Å². The summed E-state index contributed by atoms with van der Waals surface area (Å²) in [4.78, 5) is 2.21. The van der Waals surface area contributed by atoms with Crippen LogP contribution in [0.15, 0.2) is 0 Å². The summed E-state index contributed by atoms with van der Waals surface area (Å²) in [7, 11) is 1.69. The topological polar surface area (TPSA) is 58.7 Å². The van der Waals surface area contributed by atoms with Gasteiger partial charge in [-0.2, -0.15) is 0 Å². The average molecular weight is 204 g/mol. The predicted molar refractivity (Wildman–Crippen MR) is 58.3 cm³/mol. The van der Waals surface area contributed by atoms with Gasteiger partial charge in [0.05, 0.1) is 12.2 Å². The summed E-state index contributed by atoms with van der Waals surface area (Å²) in [5, 5.41) is 9.57. The van der Waals surface area contributed by atoms with E-state index in [-0.39, 0.29) is 0 Å². The van der Waals surface area contributed by atoms with Crippen LogP contribution in [0.3, 0.4) is 0 Å². The minimum absolute atomic E-state index is 0.597. The molecule has 4 nitrogen and oxygen atoms in total. The van der Waals surface area contributed by atoms with Crippen LogP contribution in [0, 0.1) is 0 Å². The molecular formula is C10H24N2O2. The number of hydrogen-bond donors (Lipinski definition) is 2. The molecule has 0 radical (unpaired) electrons. The van der Waals surface area contributed by atoms with Crippen molar-refractivity contribution >= 4 is 0 Å². The fourth-order valence-electron chi connectivity index (χ4n) is 1.17. The molecule has 0 unspecified atom stereocenters. The highest BCUT2D eigenvalue weighted by Gasteiger charge is 2.14. The number of nitrogens with zero attached hydrogens (tertiary/aromatic N) is 1. The van der Waals surface area contributed by atoms with E-state index in [1.807, 2.05) is 13.8 Å². The summed E-state index contributed by atoms with van der Waals surface area (Å²) < 4.78 is 5.01. The van der Waals surface area contributed by atoms with Crippen molar-refractivity contribution in [2.75, 3.05) is 39.9 Å². The molecule has 0 aliphatic rings. The van der Waals surface area contributed by atoms with Crippen LogP contribution in [0.4, 0.5) is 0 Å². The molecule has 3 N–H and O–H groups in total. The molecule has 0 rings (SSSR count). The van der Waals surface area contributed by atoms with Gasteiger partial charge in [0.15, 0.2) is 0 Å². The van der Waals surface area contributed by atoms with Crippen LogP contribution in [0.5, 0.6) is 0 Å². The van der Waals surface area contributed by atoms with Crippen LogP contribution in [0.1, 0.15) is 20.3 Å².